The molecule has 0 saturated heterocycles. The SMILES string of the molecule is CCCC[N+](C)(C)CCOCCOCCOCCOCCOCCCOC(C)COC(C)COC(C)COC(C)COC(C)COCCN(CC)c1cccc(C)c1. The lowest BCUT2D eigenvalue weighted by atomic mass is 10.2. The fraction of sp³-hybridized carbons (Fsp3) is 0.867. The molecule has 0 amide bonds. The molecule has 0 fully saturated rings. The van der Waals surface area contributed by atoms with Crippen LogP contribution in [0.25, 0.3) is 0 Å². The Morgan fingerprint density at radius 3 is 1.45 bits per heavy atom. The van der Waals surface area contributed by atoms with E-state index in [1.54, 1.807) is 0 Å². The average molecular weight is 832 g/mol. The molecule has 5 atom stereocenters. The molecule has 5 unspecified atom stereocenters. The van der Waals surface area contributed by atoms with Crippen LogP contribution in [-0.2, 0) is 52.1 Å². The first-order valence-electron chi connectivity index (χ1n) is 22.1. The van der Waals surface area contributed by atoms with E-state index in [-0.39, 0.29) is 30.5 Å². The zero-order chi connectivity index (χ0) is 42.7. The number of rotatable bonds is 42. The Morgan fingerprint density at radius 1 is 0.500 bits per heavy atom. The zero-order valence-corrected chi connectivity index (χ0v) is 38.6. The second kappa shape index (κ2) is 36.2. The molecule has 58 heavy (non-hydrogen) atoms. The predicted octanol–water partition coefficient (Wildman–Crippen LogP) is 6.21. The normalized spacial score (nSPS) is 14.7. The molecule has 13 nitrogen and oxygen atoms in total. The van der Waals surface area contributed by atoms with Crippen molar-refractivity contribution in [1.29, 1.82) is 0 Å². The molecule has 0 spiro atoms. The standard InChI is InChI=1S/C45H87N2O11/c1-11-13-19-47(9,10)20-24-49-26-28-51-30-32-52-31-29-50-27-25-48-21-15-22-54-41(5)35-56-43(7)37-58-44(8)38-57-42(6)36-55-40(4)34-53-23-18-46(12-2)45-17-14-16-39(3)33-45/h14,16-17,33,40-44H,11-13,15,18-32,34-38H2,1-10H3/q+1. The molecule has 0 aliphatic rings. The van der Waals surface area contributed by atoms with Crippen molar-refractivity contribution in [1.82, 2.24) is 0 Å². The summed E-state index contributed by atoms with van der Waals surface area (Å²) in [6.07, 6.45) is 3.12. The summed E-state index contributed by atoms with van der Waals surface area (Å²) in [6.45, 7) is 30.3. The predicted molar refractivity (Wildman–Crippen MR) is 232 cm³/mol. The van der Waals surface area contributed by atoms with Crippen LogP contribution < -0.4 is 4.90 Å². The maximum atomic E-state index is 5.97. The second-order valence-corrected chi connectivity index (χ2v) is 15.9. The number of benzene rings is 1. The zero-order valence-electron chi connectivity index (χ0n) is 38.6. The van der Waals surface area contributed by atoms with E-state index in [0.29, 0.717) is 106 Å². The van der Waals surface area contributed by atoms with Gasteiger partial charge in [-0.15, -0.1) is 0 Å². The monoisotopic (exact) mass is 832 g/mol. The highest BCUT2D eigenvalue weighted by Crippen LogP contribution is 2.15. The summed E-state index contributed by atoms with van der Waals surface area (Å²) >= 11 is 0. The number of likely N-dealkylation sites (N-methyl/N-ethyl adjacent to an activating group) is 2. The third-order valence-corrected chi connectivity index (χ3v) is 9.35. The van der Waals surface area contributed by atoms with Crippen LogP contribution in [0.3, 0.4) is 0 Å². The van der Waals surface area contributed by atoms with Gasteiger partial charge < -0.3 is 61.5 Å². The van der Waals surface area contributed by atoms with Gasteiger partial charge in [-0.05, 0) is 79.0 Å². The Hall–Kier alpha value is -1.46. The molecule has 0 aliphatic heterocycles. The maximum absolute atomic E-state index is 5.97. The minimum absolute atomic E-state index is 0.00969. The lowest BCUT2D eigenvalue weighted by Crippen LogP contribution is -2.43. The third-order valence-electron chi connectivity index (χ3n) is 9.35. The first kappa shape index (κ1) is 54.6. The van der Waals surface area contributed by atoms with Crippen molar-refractivity contribution >= 4 is 5.69 Å². The van der Waals surface area contributed by atoms with Crippen LogP contribution in [0.2, 0.25) is 0 Å². The van der Waals surface area contributed by atoms with E-state index >= 15 is 0 Å². The van der Waals surface area contributed by atoms with Gasteiger partial charge in [0.15, 0.2) is 0 Å². The molecule has 1 aromatic rings. The molecule has 0 heterocycles. The van der Waals surface area contributed by atoms with Crippen molar-refractivity contribution in [3.63, 3.8) is 0 Å². The fourth-order valence-corrected chi connectivity index (χ4v) is 5.59. The summed E-state index contributed by atoms with van der Waals surface area (Å²) in [6, 6.07) is 8.57. The summed E-state index contributed by atoms with van der Waals surface area (Å²) in [5.41, 5.74) is 2.49. The van der Waals surface area contributed by atoms with E-state index in [4.69, 9.17) is 52.1 Å². The van der Waals surface area contributed by atoms with Crippen LogP contribution in [0, 0.1) is 6.92 Å². The van der Waals surface area contributed by atoms with Gasteiger partial charge in [0.25, 0.3) is 0 Å². The Labute approximate surface area is 354 Å². The molecular formula is C45H87N2O11+. The Kier molecular flexibility index (Phi) is 34.1. The molecule has 1 rings (SSSR count). The number of quaternary nitrogens is 1. The minimum Gasteiger partial charge on any atom is -0.379 e. The van der Waals surface area contributed by atoms with Gasteiger partial charge in [-0.1, -0.05) is 25.5 Å². The lowest BCUT2D eigenvalue weighted by Gasteiger charge is -2.29. The largest absolute Gasteiger partial charge is 0.379 e. The Balaban J connectivity index is 1.89. The van der Waals surface area contributed by atoms with Crippen molar-refractivity contribution in [3.05, 3.63) is 29.8 Å². The molecule has 0 aliphatic carbocycles. The smallest absolute Gasteiger partial charge is 0.102 e. The van der Waals surface area contributed by atoms with Crippen molar-refractivity contribution in [2.24, 2.45) is 0 Å². The number of hydrogen-bond donors (Lipinski definition) is 0. The van der Waals surface area contributed by atoms with Gasteiger partial charge in [-0.2, -0.15) is 0 Å². The molecule has 342 valence electrons. The van der Waals surface area contributed by atoms with E-state index in [9.17, 15) is 0 Å². The van der Waals surface area contributed by atoms with E-state index in [0.717, 1.165) is 37.1 Å². The molecular weight excluding hydrogens is 744 g/mol. The Morgan fingerprint density at radius 2 is 0.966 bits per heavy atom. The minimum atomic E-state index is -0.0554. The van der Waals surface area contributed by atoms with Crippen molar-refractivity contribution < 1.29 is 56.6 Å². The summed E-state index contributed by atoms with van der Waals surface area (Å²) in [5.74, 6) is 0. The number of nitrogens with zero attached hydrogens (tertiary/aromatic N) is 2. The summed E-state index contributed by atoms with van der Waals surface area (Å²) < 4.78 is 64.7. The van der Waals surface area contributed by atoms with Crippen LogP contribution in [0.1, 0.15) is 73.3 Å². The molecule has 13 heteroatoms. The topological polar surface area (TPSA) is 105 Å². The van der Waals surface area contributed by atoms with Crippen molar-refractivity contribution in [2.75, 3.05) is 157 Å². The summed E-state index contributed by atoms with van der Waals surface area (Å²) in [4.78, 5) is 2.32. The number of unbranched alkanes of at least 4 members (excludes halogenated alkanes) is 1. The Bertz CT molecular complexity index is 1060. The van der Waals surface area contributed by atoms with Crippen molar-refractivity contribution in [2.45, 2.75) is 105 Å². The molecule has 1 aromatic carbocycles. The first-order valence-corrected chi connectivity index (χ1v) is 22.1. The number of hydrogen-bond acceptors (Lipinski definition) is 12. The molecule has 0 N–H and O–H groups in total. The van der Waals surface area contributed by atoms with Crippen LogP contribution in [-0.4, -0.2) is 188 Å². The summed E-state index contributed by atoms with van der Waals surface area (Å²) in [7, 11) is 4.51. The van der Waals surface area contributed by atoms with Crippen LogP contribution >= 0.6 is 0 Å². The van der Waals surface area contributed by atoms with Crippen LogP contribution in [0.15, 0.2) is 24.3 Å². The maximum Gasteiger partial charge on any atom is 0.102 e. The van der Waals surface area contributed by atoms with Gasteiger partial charge in [0, 0.05) is 32.0 Å². The van der Waals surface area contributed by atoms with Crippen molar-refractivity contribution in [3.8, 4) is 0 Å². The molecule has 0 bridgehead atoms. The number of ether oxygens (including phenoxy) is 11. The fourth-order valence-electron chi connectivity index (χ4n) is 5.59. The summed E-state index contributed by atoms with van der Waals surface area (Å²) in [5, 5.41) is 0. The van der Waals surface area contributed by atoms with Crippen LogP contribution in [0.5, 0.6) is 0 Å². The van der Waals surface area contributed by atoms with Crippen LogP contribution in [0.4, 0.5) is 5.69 Å². The van der Waals surface area contributed by atoms with Gasteiger partial charge >= 0.3 is 0 Å². The van der Waals surface area contributed by atoms with E-state index in [1.165, 1.54) is 30.6 Å². The quantitative estimate of drug-likeness (QED) is 0.0553. The highest BCUT2D eigenvalue weighted by molar-refractivity contribution is 5.48. The van der Waals surface area contributed by atoms with E-state index < -0.39 is 0 Å². The van der Waals surface area contributed by atoms with Gasteiger partial charge in [0.2, 0.25) is 0 Å². The number of anilines is 1. The lowest BCUT2D eigenvalue weighted by molar-refractivity contribution is -0.890. The number of aryl methyl sites for hydroxylation is 1. The first-order chi connectivity index (χ1) is 28.0. The van der Waals surface area contributed by atoms with Gasteiger partial charge in [-0.25, -0.2) is 0 Å². The van der Waals surface area contributed by atoms with E-state index in [1.807, 2.05) is 34.6 Å². The highest BCUT2D eigenvalue weighted by atomic mass is 16.6. The van der Waals surface area contributed by atoms with E-state index in [2.05, 4.69) is 64.0 Å². The van der Waals surface area contributed by atoms with Gasteiger partial charge in [-0.3, -0.25) is 0 Å². The van der Waals surface area contributed by atoms with Gasteiger partial charge in [0.05, 0.1) is 150 Å². The van der Waals surface area contributed by atoms with Gasteiger partial charge in [0.1, 0.15) is 6.54 Å². The molecule has 0 saturated carbocycles. The second-order valence-electron chi connectivity index (χ2n) is 15.9. The molecule has 0 aromatic heterocycles. The average Bonchev–Trinajstić information content (AvgIpc) is 3.20. The third kappa shape index (κ3) is 32.3. The highest BCUT2D eigenvalue weighted by Gasteiger charge is 2.15. The molecule has 0 radical (unpaired) electrons.